The average molecular weight is 323 g/mol. The zero-order valence-corrected chi connectivity index (χ0v) is 13.3. The average Bonchev–Trinajstić information content (AvgIpc) is 2.89. The fraction of sp³-hybridized carbons (Fsp3) is 0.267. The Balaban J connectivity index is 2.42. The van der Waals surface area contributed by atoms with Crippen LogP contribution in [0.4, 0.5) is 10.1 Å². The van der Waals surface area contributed by atoms with Gasteiger partial charge < -0.3 is 4.90 Å². The standard InChI is InChI=1S/C15H16ClFN4O/c1-4-10(3)15(22)20(5-2)13-9-21(19-14(13)16)12-6-11(17)7-18-8-12/h4,6-9H,5H2,1-3H3. The Bertz CT molecular complexity index is 726. The van der Waals surface area contributed by atoms with E-state index in [9.17, 15) is 9.18 Å². The second-order valence-electron chi connectivity index (χ2n) is 4.63. The highest BCUT2D eigenvalue weighted by Gasteiger charge is 2.21. The third kappa shape index (κ3) is 3.17. The van der Waals surface area contributed by atoms with Crippen LogP contribution in [0.25, 0.3) is 5.69 Å². The van der Waals surface area contributed by atoms with Crippen LogP contribution in [0.2, 0.25) is 5.15 Å². The second-order valence-corrected chi connectivity index (χ2v) is 4.99. The fourth-order valence-electron chi connectivity index (χ4n) is 1.94. The zero-order valence-electron chi connectivity index (χ0n) is 12.5. The lowest BCUT2D eigenvalue weighted by atomic mass is 10.2. The topological polar surface area (TPSA) is 51.0 Å². The third-order valence-electron chi connectivity index (χ3n) is 3.23. The summed E-state index contributed by atoms with van der Waals surface area (Å²) in [6, 6.07) is 1.29. The van der Waals surface area contributed by atoms with Crippen molar-refractivity contribution in [2.75, 3.05) is 11.4 Å². The van der Waals surface area contributed by atoms with Gasteiger partial charge in [0.25, 0.3) is 5.91 Å². The molecule has 7 heteroatoms. The minimum atomic E-state index is -0.473. The van der Waals surface area contributed by atoms with E-state index in [-0.39, 0.29) is 11.1 Å². The van der Waals surface area contributed by atoms with Crippen molar-refractivity contribution in [3.63, 3.8) is 0 Å². The molecule has 2 heterocycles. The van der Waals surface area contributed by atoms with Gasteiger partial charge in [-0.3, -0.25) is 9.78 Å². The lowest BCUT2D eigenvalue weighted by molar-refractivity contribution is -0.115. The van der Waals surface area contributed by atoms with Crippen molar-refractivity contribution >= 4 is 23.2 Å². The molecular formula is C15H16ClFN4O. The van der Waals surface area contributed by atoms with E-state index >= 15 is 0 Å². The molecule has 0 spiro atoms. The summed E-state index contributed by atoms with van der Waals surface area (Å²) in [7, 11) is 0. The summed E-state index contributed by atoms with van der Waals surface area (Å²) in [4.78, 5) is 17.6. The highest BCUT2D eigenvalue weighted by atomic mass is 35.5. The van der Waals surface area contributed by atoms with Crippen LogP contribution in [0.3, 0.4) is 0 Å². The van der Waals surface area contributed by atoms with Gasteiger partial charge in [-0.15, -0.1) is 0 Å². The maximum absolute atomic E-state index is 13.3. The Hall–Kier alpha value is -2.21. The van der Waals surface area contributed by atoms with Gasteiger partial charge in [0.15, 0.2) is 5.15 Å². The maximum atomic E-state index is 13.3. The number of anilines is 1. The molecule has 2 aromatic rings. The summed E-state index contributed by atoms with van der Waals surface area (Å²) in [6.07, 6.45) is 5.89. The van der Waals surface area contributed by atoms with E-state index in [1.165, 1.54) is 21.8 Å². The zero-order chi connectivity index (χ0) is 16.3. The van der Waals surface area contributed by atoms with Crippen molar-refractivity contribution < 1.29 is 9.18 Å². The monoisotopic (exact) mass is 322 g/mol. The highest BCUT2D eigenvalue weighted by Crippen LogP contribution is 2.27. The smallest absolute Gasteiger partial charge is 0.253 e. The van der Waals surface area contributed by atoms with Crippen molar-refractivity contribution in [2.45, 2.75) is 20.8 Å². The van der Waals surface area contributed by atoms with Crippen LogP contribution in [0.1, 0.15) is 20.8 Å². The first-order chi connectivity index (χ1) is 10.5. The predicted molar refractivity (Wildman–Crippen MR) is 83.8 cm³/mol. The first-order valence-electron chi connectivity index (χ1n) is 6.78. The van der Waals surface area contributed by atoms with Gasteiger partial charge >= 0.3 is 0 Å². The van der Waals surface area contributed by atoms with Crippen molar-refractivity contribution in [1.29, 1.82) is 0 Å². The molecule has 1 amide bonds. The minimum absolute atomic E-state index is 0.149. The molecule has 116 valence electrons. The number of rotatable bonds is 4. The quantitative estimate of drug-likeness (QED) is 0.811. The molecule has 0 aromatic carbocycles. The summed E-state index contributed by atoms with van der Waals surface area (Å²) in [5.41, 5.74) is 1.51. The Labute approximate surface area is 133 Å². The van der Waals surface area contributed by atoms with E-state index in [1.54, 1.807) is 26.1 Å². The number of carbonyl (C=O) groups is 1. The Morgan fingerprint density at radius 3 is 2.82 bits per heavy atom. The Morgan fingerprint density at radius 1 is 1.50 bits per heavy atom. The molecule has 0 aliphatic heterocycles. The maximum Gasteiger partial charge on any atom is 0.253 e. The largest absolute Gasteiger partial charge is 0.305 e. The molecule has 5 nitrogen and oxygen atoms in total. The molecular weight excluding hydrogens is 307 g/mol. The van der Waals surface area contributed by atoms with Crippen LogP contribution in [0.15, 0.2) is 36.3 Å². The number of hydrogen-bond acceptors (Lipinski definition) is 3. The van der Waals surface area contributed by atoms with Crippen LogP contribution in [-0.4, -0.2) is 27.2 Å². The number of amides is 1. The van der Waals surface area contributed by atoms with Gasteiger partial charge in [-0.2, -0.15) is 5.10 Å². The molecule has 0 atom stereocenters. The first-order valence-corrected chi connectivity index (χ1v) is 7.16. The predicted octanol–water partition coefficient (Wildman–Crippen LogP) is 3.38. The van der Waals surface area contributed by atoms with Gasteiger partial charge in [0.2, 0.25) is 0 Å². The molecule has 2 rings (SSSR count). The van der Waals surface area contributed by atoms with E-state index in [2.05, 4.69) is 10.1 Å². The van der Waals surface area contributed by atoms with E-state index in [0.717, 1.165) is 6.20 Å². The van der Waals surface area contributed by atoms with Crippen molar-refractivity contribution in [3.05, 3.63) is 47.3 Å². The van der Waals surface area contributed by atoms with Crippen LogP contribution in [-0.2, 0) is 4.79 Å². The summed E-state index contributed by atoms with van der Waals surface area (Å²) in [5.74, 6) is -0.623. The van der Waals surface area contributed by atoms with Crippen molar-refractivity contribution in [2.24, 2.45) is 0 Å². The number of allylic oxidation sites excluding steroid dienone is 1. The van der Waals surface area contributed by atoms with Crippen molar-refractivity contribution in [1.82, 2.24) is 14.8 Å². The molecule has 0 aliphatic rings. The number of aromatic nitrogens is 3. The molecule has 0 aliphatic carbocycles. The van der Waals surface area contributed by atoms with Crippen LogP contribution in [0.5, 0.6) is 0 Å². The molecule has 0 N–H and O–H groups in total. The first kappa shape index (κ1) is 16.2. The van der Waals surface area contributed by atoms with E-state index in [1.807, 2.05) is 6.92 Å². The van der Waals surface area contributed by atoms with Crippen LogP contribution < -0.4 is 4.90 Å². The molecule has 0 bridgehead atoms. The van der Waals surface area contributed by atoms with Gasteiger partial charge in [-0.25, -0.2) is 9.07 Å². The number of likely N-dealkylation sites (N-methyl/N-ethyl adjacent to an activating group) is 1. The lowest BCUT2D eigenvalue weighted by Gasteiger charge is -2.19. The number of hydrogen-bond donors (Lipinski definition) is 0. The van der Waals surface area contributed by atoms with Crippen molar-refractivity contribution in [3.8, 4) is 5.69 Å². The number of halogens is 2. The lowest BCUT2D eigenvalue weighted by Crippen LogP contribution is -2.31. The molecule has 0 radical (unpaired) electrons. The number of nitrogens with zero attached hydrogens (tertiary/aromatic N) is 4. The van der Waals surface area contributed by atoms with Crippen LogP contribution in [0, 0.1) is 5.82 Å². The van der Waals surface area contributed by atoms with Crippen LogP contribution >= 0.6 is 11.6 Å². The fourth-order valence-corrected chi connectivity index (χ4v) is 2.18. The second kappa shape index (κ2) is 6.70. The normalized spacial score (nSPS) is 11.6. The van der Waals surface area contributed by atoms with Gasteiger partial charge in [-0.1, -0.05) is 17.7 Å². The number of pyridine rings is 1. The van der Waals surface area contributed by atoms with E-state index in [4.69, 9.17) is 11.6 Å². The molecule has 0 fully saturated rings. The summed E-state index contributed by atoms with van der Waals surface area (Å²) < 4.78 is 14.7. The summed E-state index contributed by atoms with van der Waals surface area (Å²) in [6.45, 7) is 5.82. The van der Waals surface area contributed by atoms with Gasteiger partial charge in [0.05, 0.1) is 24.3 Å². The van der Waals surface area contributed by atoms with Gasteiger partial charge in [0.1, 0.15) is 11.5 Å². The summed E-state index contributed by atoms with van der Waals surface area (Å²) >= 11 is 6.14. The van der Waals surface area contributed by atoms with E-state index < -0.39 is 5.82 Å². The Kier molecular flexibility index (Phi) is 4.92. The molecule has 0 unspecified atom stereocenters. The van der Waals surface area contributed by atoms with E-state index in [0.29, 0.717) is 23.5 Å². The number of carbonyl (C=O) groups excluding carboxylic acids is 1. The van der Waals surface area contributed by atoms with Gasteiger partial charge in [0, 0.05) is 18.2 Å². The molecule has 0 saturated heterocycles. The third-order valence-corrected chi connectivity index (χ3v) is 3.50. The SMILES string of the molecule is CC=C(C)C(=O)N(CC)c1cn(-c2cncc(F)c2)nc1Cl. The Morgan fingerprint density at radius 2 is 2.23 bits per heavy atom. The van der Waals surface area contributed by atoms with Gasteiger partial charge in [-0.05, 0) is 20.8 Å². The molecule has 0 saturated carbocycles. The molecule has 22 heavy (non-hydrogen) atoms. The highest BCUT2D eigenvalue weighted by molar-refractivity contribution is 6.32. The molecule has 2 aromatic heterocycles. The summed E-state index contributed by atoms with van der Waals surface area (Å²) in [5, 5.41) is 4.29. The minimum Gasteiger partial charge on any atom is -0.305 e.